The molecule has 3 aromatic rings. The Labute approximate surface area is 153 Å². The van der Waals surface area contributed by atoms with Gasteiger partial charge in [0, 0.05) is 13.1 Å². The van der Waals surface area contributed by atoms with E-state index in [0.29, 0.717) is 12.5 Å². The van der Waals surface area contributed by atoms with Gasteiger partial charge in [-0.3, -0.25) is 0 Å². The fourth-order valence-corrected chi connectivity index (χ4v) is 3.42. The van der Waals surface area contributed by atoms with Gasteiger partial charge in [-0.2, -0.15) is 10.1 Å². The quantitative estimate of drug-likeness (QED) is 0.734. The minimum atomic E-state index is 0.533. The number of furan rings is 1. The van der Waals surface area contributed by atoms with Gasteiger partial charge < -0.3 is 14.6 Å². The summed E-state index contributed by atoms with van der Waals surface area (Å²) >= 11 is 0. The van der Waals surface area contributed by atoms with Crippen LogP contribution in [0.3, 0.4) is 0 Å². The zero-order valence-electron chi connectivity index (χ0n) is 14.7. The molecule has 2 aromatic heterocycles. The van der Waals surface area contributed by atoms with Gasteiger partial charge in [-0.05, 0) is 42.9 Å². The summed E-state index contributed by atoms with van der Waals surface area (Å²) in [7, 11) is 0. The predicted molar refractivity (Wildman–Crippen MR) is 101 cm³/mol. The normalized spacial score (nSPS) is 15.2. The molecule has 4 rings (SSSR count). The van der Waals surface area contributed by atoms with Gasteiger partial charge >= 0.3 is 0 Å². The summed E-state index contributed by atoms with van der Waals surface area (Å²) in [5, 5.41) is 11.3. The third-order valence-electron chi connectivity index (χ3n) is 4.85. The van der Waals surface area contributed by atoms with E-state index in [-0.39, 0.29) is 0 Å². The van der Waals surface area contributed by atoms with E-state index in [0.717, 1.165) is 37.0 Å². The molecular formula is C20H23N5O. The average Bonchev–Trinajstić information content (AvgIpc) is 3.22. The number of nitrogens with one attached hydrogen (secondary N) is 1. The first-order chi connectivity index (χ1) is 12.9. The molecule has 0 bridgehead atoms. The molecule has 1 aliphatic rings. The van der Waals surface area contributed by atoms with Gasteiger partial charge in [0.05, 0.1) is 19.0 Å². The lowest BCUT2D eigenvalue weighted by Crippen LogP contribution is -2.35. The Hall–Kier alpha value is -2.89. The lowest BCUT2D eigenvalue weighted by molar-refractivity contribution is 0.402. The van der Waals surface area contributed by atoms with Crippen LogP contribution in [0.2, 0.25) is 0 Å². The summed E-state index contributed by atoms with van der Waals surface area (Å²) in [6.45, 7) is 2.57. The Morgan fingerprint density at radius 2 is 1.92 bits per heavy atom. The predicted octanol–water partition coefficient (Wildman–Crippen LogP) is 3.54. The van der Waals surface area contributed by atoms with Gasteiger partial charge in [-0.25, -0.2) is 0 Å². The van der Waals surface area contributed by atoms with Gasteiger partial charge in [-0.15, -0.1) is 5.10 Å². The van der Waals surface area contributed by atoms with Crippen molar-refractivity contribution in [2.24, 2.45) is 5.92 Å². The maximum absolute atomic E-state index is 5.31. The number of nitrogens with zero attached hydrogens (tertiary/aromatic N) is 4. The molecule has 1 fully saturated rings. The molecule has 0 radical (unpaired) electrons. The number of hydrogen-bond donors (Lipinski definition) is 1. The summed E-state index contributed by atoms with van der Waals surface area (Å²) in [6.07, 6.45) is 6.91. The molecule has 1 N–H and O–H groups in total. The summed E-state index contributed by atoms with van der Waals surface area (Å²) in [5.41, 5.74) is 1.43. The summed E-state index contributed by atoms with van der Waals surface area (Å²) in [6, 6.07) is 14.5. The first-order valence-electron chi connectivity index (χ1n) is 9.12. The number of hydrogen-bond acceptors (Lipinski definition) is 6. The van der Waals surface area contributed by atoms with Gasteiger partial charge in [0.2, 0.25) is 5.95 Å². The number of anilines is 2. The second-order valence-electron chi connectivity index (χ2n) is 6.69. The van der Waals surface area contributed by atoms with Crippen molar-refractivity contribution in [3.63, 3.8) is 0 Å². The molecule has 1 saturated heterocycles. The standard InChI is InChI=1S/C20H23N5O/c1-2-5-16(6-3-1)13-17-8-10-25(11-9-17)19-15-22-24-20(23-19)21-14-18-7-4-12-26-18/h1-7,12,15,17H,8-11,13-14H2,(H,21,23,24). The Morgan fingerprint density at radius 1 is 1.08 bits per heavy atom. The molecule has 0 aliphatic carbocycles. The van der Waals surface area contributed by atoms with E-state index in [1.807, 2.05) is 12.1 Å². The average molecular weight is 349 g/mol. The van der Waals surface area contributed by atoms with Gasteiger partial charge in [0.15, 0.2) is 5.82 Å². The highest BCUT2D eigenvalue weighted by atomic mass is 16.3. The Balaban J connectivity index is 1.32. The molecule has 1 aliphatic heterocycles. The van der Waals surface area contributed by atoms with Gasteiger partial charge in [0.25, 0.3) is 0 Å². The molecule has 0 amide bonds. The van der Waals surface area contributed by atoms with E-state index in [1.54, 1.807) is 12.5 Å². The second kappa shape index (κ2) is 7.99. The van der Waals surface area contributed by atoms with Crippen LogP contribution >= 0.6 is 0 Å². The summed E-state index contributed by atoms with van der Waals surface area (Å²) in [5.74, 6) is 3.01. The number of rotatable bonds is 6. The molecule has 0 unspecified atom stereocenters. The third kappa shape index (κ3) is 4.20. The Bertz CT molecular complexity index is 798. The van der Waals surface area contributed by atoms with Crippen molar-refractivity contribution in [1.29, 1.82) is 0 Å². The van der Waals surface area contributed by atoms with Crippen LogP contribution in [0.1, 0.15) is 24.2 Å². The van der Waals surface area contributed by atoms with Crippen LogP contribution in [-0.4, -0.2) is 28.3 Å². The van der Waals surface area contributed by atoms with Crippen LogP contribution in [0.5, 0.6) is 0 Å². The molecule has 0 atom stereocenters. The second-order valence-corrected chi connectivity index (χ2v) is 6.69. The highest BCUT2D eigenvalue weighted by Crippen LogP contribution is 2.24. The highest BCUT2D eigenvalue weighted by molar-refractivity contribution is 5.40. The summed E-state index contributed by atoms with van der Waals surface area (Å²) in [4.78, 5) is 6.90. The van der Waals surface area contributed by atoms with Crippen LogP contribution in [0.15, 0.2) is 59.3 Å². The van der Waals surface area contributed by atoms with Crippen LogP contribution < -0.4 is 10.2 Å². The van der Waals surface area contributed by atoms with Crippen molar-refractivity contribution in [2.45, 2.75) is 25.8 Å². The van der Waals surface area contributed by atoms with E-state index >= 15 is 0 Å². The van der Waals surface area contributed by atoms with Crippen molar-refractivity contribution in [1.82, 2.24) is 15.2 Å². The maximum Gasteiger partial charge on any atom is 0.245 e. The van der Waals surface area contributed by atoms with Crippen LogP contribution in [0.25, 0.3) is 0 Å². The zero-order chi connectivity index (χ0) is 17.6. The minimum absolute atomic E-state index is 0.533. The minimum Gasteiger partial charge on any atom is -0.467 e. The SMILES string of the molecule is c1ccc(CC2CCN(c3cnnc(NCc4ccco4)n3)CC2)cc1. The molecule has 0 spiro atoms. The molecule has 0 saturated carbocycles. The largest absolute Gasteiger partial charge is 0.467 e. The molecule has 26 heavy (non-hydrogen) atoms. The third-order valence-corrected chi connectivity index (χ3v) is 4.85. The molecule has 3 heterocycles. The van der Waals surface area contributed by atoms with Crippen molar-refractivity contribution in [3.8, 4) is 0 Å². The monoisotopic (exact) mass is 349 g/mol. The molecule has 134 valence electrons. The van der Waals surface area contributed by atoms with Crippen molar-refractivity contribution in [3.05, 3.63) is 66.2 Å². The van der Waals surface area contributed by atoms with Crippen LogP contribution in [0.4, 0.5) is 11.8 Å². The molecule has 6 nitrogen and oxygen atoms in total. The van der Waals surface area contributed by atoms with E-state index in [1.165, 1.54) is 18.4 Å². The number of aromatic nitrogens is 3. The maximum atomic E-state index is 5.31. The van der Waals surface area contributed by atoms with E-state index < -0.39 is 0 Å². The molecule has 6 heteroatoms. The highest BCUT2D eigenvalue weighted by Gasteiger charge is 2.21. The lowest BCUT2D eigenvalue weighted by Gasteiger charge is -2.32. The van der Waals surface area contributed by atoms with Crippen LogP contribution in [0, 0.1) is 5.92 Å². The van der Waals surface area contributed by atoms with Gasteiger partial charge in [-0.1, -0.05) is 30.3 Å². The number of benzene rings is 1. The van der Waals surface area contributed by atoms with Crippen molar-refractivity contribution >= 4 is 11.8 Å². The smallest absolute Gasteiger partial charge is 0.245 e. The molecule has 1 aromatic carbocycles. The summed E-state index contributed by atoms with van der Waals surface area (Å²) < 4.78 is 5.31. The van der Waals surface area contributed by atoms with E-state index in [9.17, 15) is 0 Å². The fraction of sp³-hybridized carbons (Fsp3) is 0.350. The van der Waals surface area contributed by atoms with E-state index in [4.69, 9.17) is 4.42 Å². The lowest BCUT2D eigenvalue weighted by atomic mass is 9.90. The van der Waals surface area contributed by atoms with Crippen LogP contribution in [-0.2, 0) is 13.0 Å². The Morgan fingerprint density at radius 3 is 2.69 bits per heavy atom. The molecular weight excluding hydrogens is 326 g/mol. The Kier molecular flexibility index (Phi) is 5.09. The van der Waals surface area contributed by atoms with Crippen molar-refractivity contribution < 1.29 is 4.42 Å². The zero-order valence-corrected chi connectivity index (χ0v) is 14.7. The fourth-order valence-electron chi connectivity index (χ4n) is 3.42. The first kappa shape index (κ1) is 16.6. The number of piperidine rings is 1. The van der Waals surface area contributed by atoms with Crippen molar-refractivity contribution in [2.75, 3.05) is 23.3 Å². The van der Waals surface area contributed by atoms with Gasteiger partial charge in [0.1, 0.15) is 5.76 Å². The van der Waals surface area contributed by atoms with E-state index in [2.05, 4.69) is 55.7 Å². The first-order valence-corrected chi connectivity index (χ1v) is 9.12. The topological polar surface area (TPSA) is 67.1 Å².